The average Bonchev–Trinajstić information content (AvgIpc) is 2.31. The summed E-state index contributed by atoms with van der Waals surface area (Å²) in [4.78, 5) is 0.165. The molecule has 1 rings (SSSR count). The zero-order valence-electron chi connectivity index (χ0n) is 9.03. The number of nitrogens with one attached hydrogen (secondary N) is 1. The molecule has 102 valence electrons. The topological polar surface area (TPSA) is 46.2 Å². The molecule has 0 spiro atoms. The molecule has 0 heterocycles. The Bertz CT molecular complexity index is 544. The molecule has 0 radical (unpaired) electrons. The molecule has 0 saturated heterocycles. The Morgan fingerprint density at radius 2 is 1.28 bits per heavy atom. The van der Waals surface area contributed by atoms with Crippen molar-refractivity contribution in [2.75, 3.05) is 6.54 Å². The maximum Gasteiger partial charge on any atom is 0.242 e. The number of rotatable bonds is 4. The van der Waals surface area contributed by atoms with E-state index in [1.54, 1.807) is 0 Å². The highest BCUT2D eigenvalue weighted by molar-refractivity contribution is 9.15. The molecular formula is C9H8Br5NO2S. The Balaban J connectivity index is 3.52. The lowest BCUT2D eigenvalue weighted by atomic mass is 10.4. The van der Waals surface area contributed by atoms with E-state index in [4.69, 9.17) is 0 Å². The molecule has 9 heteroatoms. The molecule has 1 N–H and O–H groups in total. The largest absolute Gasteiger partial charge is 0.242 e. The van der Waals surface area contributed by atoms with Crippen LogP contribution in [0, 0.1) is 0 Å². The van der Waals surface area contributed by atoms with Gasteiger partial charge in [0.15, 0.2) is 0 Å². The van der Waals surface area contributed by atoms with Crippen molar-refractivity contribution in [1.82, 2.24) is 4.72 Å². The van der Waals surface area contributed by atoms with E-state index in [0.717, 1.165) is 10.9 Å². The fraction of sp³-hybridized carbons (Fsp3) is 0.333. The molecule has 0 aliphatic rings. The summed E-state index contributed by atoms with van der Waals surface area (Å²) in [5.74, 6) is 0. The summed E-state index contributed by atoms with van der Waals surface area (Å²) in [5.41, 5.74) is 0. The predicted octanol–water partition coefficient (Wildman–Crippen LogP) is 5.19. The van der Waals surface area contributed by atoms with Crippen molar-refractivity contribution in [3.05, 3.63) is 22.4 Å². The Kier molecular flexibility index (Phi) is 6.83. The van der Waals surface area contributed by atoms with Gasteiger partial charge in [0.05, 0.1) is 8.95 Å². The molecule has 0 aliphatic carbocycles. The second-order valence-corrected chi connectivity index (χ2v) is 8.97. The van der Waals surface area contributed by atoms with Crippen molar-refractivity contribution in [3.63, 3.8) is 0 Å². The first kappa shape index (κ1) is 17.6. The van der Waals surface area contributed by atoms with E-state index in [9.17, 15) is 8.42 Å². The van der Waals surface area contributed by atoms with Gasteiger partial charge in [0.2, 0.25) is 10.0 Å². The zero-order valence-corrected chi connectivity index (χ0v) is 17.8. The molecule has 3 nitrogen and oxygen atoms in total. The van der Waals surface area contributed by atoms with Gasteiger partial charge >= 0.3 is 0 Å². The van der Waals surface area contributed by atoms with Crippen LogP contribution in [0.1, 0.15) is 13.3 Å². The molecule has 18 heavy (non-hydrogen) atoms. The van der Waals surface area contributed by atoms with Gasteiger partial charge < -0.3 is 0 Å². The number of halogens is 5. The highest BCUT2D eigenvalue weighted by Gasteiger charge is 2.26. The van der Waals surface area contributed by atoms with Crippen LogP contribution in [0.25, 0.3) is 0 Å². The number of hydrogen-bond acceptors (Lipinski definition) is 2. The van der Waals surface area contributed by atoms with Crippen molar-refractivity contribution < 1.29 is 8.42 Å². The first-order valence-corrected chi connectivity index (χ1v) is 10.2. The molecule has 0 aromatic heterocycles. The van der Waals surface area contributed by atoms with E-state index in [1.165, 1.54) is 0 Å². The Morgan fingerprint density at radius 1 is 0.889 bits per heavy atom. The van der Waals surface area contributed by atoms with E-state index in [2.05, 4.69) is 84.4 Å². The van der Waals surface area contributed by atoms with Gasteiger partial charge in [-0.2, -0.15) is 0 Å². The average molecular weight is 594 g/mol. The van der Waals surface area contributed by atoms with Crippen LogP contribution in [-0.4, -0.2) is 15.0 Å². The summed E-state index contributed by atoms with van der Waals surface area (Å²) < 4.78 is 29.9. The highest BCUT2D eigenvalue weighted by atomic mass is 79.9. The van der Waals surface area contributed by atoms with Crippen LogP contribution >= 0.6 is 79.6 Å². The summed E-state index contributed by atoms with van der Waals surface area (Å²) in [6, 6.07) is 0. The second-order valence-electron chi connectivity index (χ2n) is 3.30. The molecule has 0 atom stereocenters. The van der Waals surface area contributed by atoms with Crippen LogP contribution in [0.2, 0.25) is 0 Å². The smallest absolute Gasteiger partial charge is 0.211 e. The number of sulfonamides is 1. The lowest BCUT2D eigenvalue weighted by Gasteiger charge is -2.14. The van der Waals surface area contributed by atoms with Crippen LogP contribution in [-0.2, 0) is 10.0 Å². The van der Waals surface area contributed by atoms with Crippen molar-refractivity contribution in [2.45, 2.75) is 18.2 Å². The Morgan fingerprint density at radius 3 is 1.67 bits per heavy atom. The maximum atomic E-state index is 12.2. The standard InChI is InChI=1S/C9H8Br5NO2S/c1-2-3-15-18(16,17)9-7(13)5(11)4(10)6(12)8(9)14/h15H,2-3H2,1H3. The third-order valence-electron chi connectivity index (χ3n) is 1.98. The van der Waals surface area contributed by atoms with Gasteiger partial charge in [0, 0.05) is 20.0 Å². The first-order valence-electron chi connectivity index (χ1n) is 4.75. The first-order chi connectivity index (χ1) is 8.24. The van der Waals surface area contributed by atoms with Crippen molar-refractivity contribution in [1.29, 1.82) is 0 Å². The third-order valence-corrected chi connectivity index (χ3v) is 10.1. The molecule has 0 amide bonds. The van der Waals surface area contributed by atoms with E-state index in [-0.39, 0.29) is 4.90 Å². The summed E-state index contributed by atoms with van der Waals surface area (Å²) in [6.07, 6.45) is 0.729. The summed E-state index contributed by atoms with van der Waals surface area (Å²) >= 11 is 16.6. The lowest BCUT2D eigenvalue weighted by Crippen LogP contribution is -2.25. The fourth-order valence-electron chi connectivity index (χ4n) is 1.13. The van der Waals surface area contributed by atoms with Crippen LogP contribution in [0.3, 0.4) is 0 Å². The normalized spacial score (nSPS) is 11.9. The molecule has 0 bridgehead atoms. The molecule has 0 fully saturated rings. The van der Waals surface area contributed by atoms with Gasteiger partial charge in [-0.25, -0.2) is 13.1 Å². The molecule has 0 aliphatic heterocycles. The van der Waals surface area contributed by atoms with Crippen LogP contribution in [0.15, 0.2) is 27.3 Å². The summed E-state index contributed by atoms with van der Waals surface area (Å²) in [6.45, 7) is 2.30. The zero-order chi connectivity index (χ0) is 14.1. The van der Waals surface area contributed by atoms with Gasteiger partial charge in [-0.15, -0.1) is 0 Å². The Labute approximate surface area is 148 Å². The maximum absolute atomic E-state index is 12.2. The van der Waals surface area contributed by atoms with Crippen LogP contribution in [0.4, 0.5) is 0 Å². The molecule has 0 saturated carbocycles. The van der Waals surface area contributed by atoms with E-state index in [1.807, 2.05) is 6.92 Å². The van der Waals surface area contributed by atoms with Crippen LogP contribution < -0.4 is 4.72 Å². The summed E-state index contributed by atoms with van der Waals surface area (Å²) in [7, 11) is -3.57. The molecular weight excluding hydrogens is 586 g/mol. The van der Waals surface area contributed by atoms with E-state index >= 15 is 0 Å². The third kappa shape index (κ3) is 3.59. The lowest BCUT2D eigenvalue weighted by molar-refractivity contribution is 0.579. The molecule has 0 unspecified atom stereocenters. The second kappa shape index (κ2) is 7.00. The summed E-state index contributed by atoms with van der Waals surface area (Å²) in [5, 5.41) is 0. The van der Waals surface area contributed by atoms with Gasteiger partial charge in [0.1, 0.15) is 4.90 Å². The predicted molar refractivity (Wildman–Crippen MR) is 90.4 cm³/mol. The van der Waals surface area contributed by atoms with Gasteiger partial charge in [-0.3, -0.25) is 0 Å². The van der Waals surface area contributed by atoms with Crippen molar-refractivity contribution >= 4 is 89.7 Å². The minimum atomic E-state index is -3.57. The highest BCUT2D eigenvalue weighted by Crippen LogP contribution is 2.46. The minimum absolute atomic E-state index is 0.165. The van der Waals surface area contributed by atoms with E-state index in [0.29, 0.717) is 24.4 Å². The van der Waals surface area contributed by atoms with Gasteiger partial charge in [-0.1, -0.05) is 6.92 Å². The fourth-order valence-corrected chi connectivity index (χ4v) is 7.01. The van der Waals surface area contributed by atoms with Gasteiger partial charge in [0.25, 0.3) is 0 Å². The molecule has 1 aromatic rings. The quantitative estimate of drug-likeness (QED) is 0.386. The van der Waals surface area contributed by atoms with Crippen molar-refractivity contribution in [2.24, 2.45) is 0 Å². The van der Waals surface area contributed by atoms with E-state index < -0.39 is 10.0 Å². The Hall–Kier alpha value is 1.53. The van der Waals surface area contributed by atoms with Gasteiger partial charge in [-0.05, 0) is 86.1 Å². The van der Waals surface area contributed by atoms with Crippen molar-refractivity contribution in [3.8, 4) is 0 Å². The van der Waals surface area contributed by atoms with Crippen LogP contribution in [0.5, 0.6) is 0 Å². The minimum Gasteiger partial charge on any atom is -0.211 e. The number of hydrogen-bond donors (Lipinski definition) is 1. The monoisotopic (exact) mass is 589 g/mol. The number of benzene rings is 1. The molecule has 1 aromatic carbocycles. The SMILES string of the molecule is CCCNS(=O)(=O)c1c(Br)c(Br)c(Br)c(Br)c1Br.